The number of benzene rings is 1. The number of hydrogen-bond donors (Lipinski definition) is 1. The Morgan fingerprint density at radius 3 is 2.58 bits per heavy atom. The van der Waals surface area contributed by atoms with E-state index >= 15 is 0 Å². The van der Waals surface area contributed by atoms with Gasteiger partial charge in [-0.2, -0.15) is 0 Å². The third-order valence-electron chi connectivity index (χ3n) is 4.06. The number of fused-ring (bicyclic) bond motifs is 1. The van der Waals surface area contributed by atoms with Crippen molar-refractivity contribution in [2.45, 2.75) is 20.3 Å². The van der Waals surface area contributed by atoms with Gasteiger partial charge < -0.3 is 14.0 Å². The van der Waals surface area contributed by atoms with E-state index in [2.05, 4.69) is 29.4 Å². The van der Waals surface area contributed by atoms with Crippen LogP contribution in [0.3, 0.4) is 0 Å². The molecule has 0 aliphatic rings. The van der Waals surface area contributed by atoms with Crippen LogP contribution in [0.5, 0.6) is 11.5 Å². The summed E-state index contributed by atoms with van der Waals surface area (Å²) in [7, 11) is 5.03. The molecule has 0 spiro atoms. The Hall–Kier alpha value is -2.61. The van der Waals surface area contributed by atoms with Gasteiger partial charge in [-0.3, -0.25) is 10.1 Å². The number of nitrogens with zero attached hydrogens (tertiary/aromatic N) is 3. The van der Waals surface area contributed by atoms with Gasteiger partial charge >= 0.3 is 0 Å². The van der Waals surface area contributed by atoms with E-state index in [1.165, 1.54) is 11.3 Å². The molecule has 26 heavy (non-hydrogen) atoms. The van der Waals surface area contributed by atoms with Crippen LogP contribution in [-0.4, -0.2) is 34.9 Å². The van der Waals surface area contributed by atoms with E-state index in [1.807, 2.05) is 19.2 Å². The number of anilines is 1. The maximum absolute atomic E-state index is 12.8. The fourth-order valence-electron chi connectivity index (χ4n) is 2.87. The van der Waals surface area contributed by atoms with Crippen LogP contribution in [0.2, 0.25) is 0 Å². The van der Waals surface area contributed by atoms with Crippen LogP contribution in [0.1, 0.15) is 29.3 Å². The van der Waals surface area contributed by atoms with Gasteiger partial charge in [0, 0.05) is 18.9 Å². The minimum Gasteiger partial charge on any atom is -0.496 e. The summed E-state index contributed by atoms with van der Waals surface area (Å²) >= 11 is 1.40. The Kier molecular flexibility index (Phi) is 5.13. The van der Waals surface area contributed by atoms with Gasteiger partial charge in [0.15, 0.2) is 0 Å². The van der Waals surface area contributed by atoms with Gasteiger partial charge in [0.05, 0.1) is 19.7 Å². The average molecular weight is 374 g/mol. The highest BCUT2D eigenvalue weighted by molar-refractivity contribution is 7.15. The minimum absolute atomic E-state index is 0.250. The number of carbonyl (C=O) groups is 1. The molecule has 0 radical (unpaired) electrons. The predicted octanol–water partition coefficient (Wildman–Crippen LogP) is 3.50. The molecule has 1 amide bonds. The Morgan fingerprint density at radius 1 is 1.23 bits per heavy atom. The summed E-state index contributed by atoms with van der Waals surface area (Å²) in [5, 5.41) is 13.3. The molecule has 3 aromatic rings. The molecule has 0 bridgehead atoms. The molecule has 138 valence electrons. The number of hydrogen-bond acceptors (Lipinski definition) is 6. The quantitative estimate of drug-likeness (QED) is 0.714. The number of rotatable bonds is 6. The minimum atomic E-state index is -0.250. The Balaban J connectivity index is 1.93. The van der Waals surface area contributed by atoms with Crippen molar-refractivity contribution in [2.24, 2.45) is 13.0 Å². The van der Waals surface area contributed by atoms with Crippen LogP contribution in [0, 0.1) is 5.92 Å². The van der Waals surface area contributed by atoms with E-state index in [4.69, 9.17) is 9.47 Å². The molecule has 8 heteroatoms. The van der Waals surface area contributed by atoms with Crippen molar-refractivity contribution in [3.8, 4) is 11.5 Å². The van der Waals surface area contributed by atoms with Crippen molar-refractivity contribution in [1.29, 1.82) is 0 Å². The topological polar surface area (TPSA) is 78.3 Å². The summed E-state index contributed by atoms with van der Waals surface area (Å²) < 4.78 is 12.6. The van der Waals surface area contributed by atoms with Crippen molar-refractivity contribution in [2.75, 3.05) is 19.5 Å². The highest BCUT2D eigenvalue weighted by atomic mass is 32.1. The van der Waals surface area contributed by atoms with E-state index in [0.29, 0.717) is 28.2 Å². The molecule has 1 aromatic carbocycles. The van der Waals surface area contributed by atoms with Crippen LogP contribution in [-0.2, 0) is 13.5 Å². The largest absolute Gasteiger partial charge is 0.496 e. The van der Waals surface area contributed by atoms with Crippen LogP contribution >= 0.6 is 11.3 Å². The second-order valence-electron chi connectivity index (χ2n) is 6.37. The van der Waals surface area contributed by atoms with Crippen LogP contribution in [0.25, 0.3) is 10.9 Å². The zero-order valence-corrected chi connectivity index (χ0v) is 16.3. The number of aromatic nitrogens is 3. The number of nitrogens with one attached hydrogen (secondary N) is 1. The van der Waals surface area contributed by atoms with Crippen molar-refractivity contribution < 1.29 is 14.3 Å². The lowest BCUT2D eigenvalue weighted by molar-refractivity contribution is 0.101. The molecule has 0 aliphatic heterocycles. The first-order valence-corrected chi connectivity index (χ1v) is 9.10. The molecular weight excluding hydrogens is 352 g/mol. The van der Waals surface area contributed by atoms with Gasteiger partial charge in [-0.25, -0.2) is 0 Å². The Labute approximate surface area is 155 Å². The smallest absolute Gasteiger partial charge is 0.274 e. The normalized spacial score (nSPS) is 11.2. The summed E-state index contributed by atoms with van der Waals surface area (Å²) in [6.07, 6.45) is 0.843. The van der Waals surface area contributed by atoms with Gasteiger partial charge in [0.1, 0.15) is 22.2 Å². The molecule has 7 nitrogen and oxygen atoms in total. The van der Waals surface area contributed by atoms with Gasteiger partial charge in [0.25, 0.3) is 5.91 Å². The van der Waals surface area contributed by atoms with Crippen molar-refractivity contribution in [3.63, 3.8) is 0 Å². The maximum atomic E-state index is 12.8. The number of carbonyl (C=O) groups excluding carboxylic acids is 1. The number of aryl methyl sites for hydroxylation is 1. The molecule has 0 unspecified atom stereocenters. The highest BCUT2D eigenvalue weighted by Gasteiger charge is 2.20. The van der Waals surface area contributed by atoms with Crippen LogP contribution in [0.4, 0.5) is 5.13 Å². The standard InChI is InChI=1S/C18H22N4O3S/c1-10(2)8-15-20-21-18(26-15)19-17(23)12-9-11-13(24-4)6-7-14(25-5)16(11)22(12)3/h6-7,9-10H,8H2,1-5H3,(H,19,21,23). The molecule has 0 saturated heterocycles. The predicted molar refractivity (Wildman–Crippen MR) is 102 cm³/mol. The third-order valence-corrected chi connectivity index (χ3v) is 4.92. The third kappa shape index (κ3) is 3.37. The first-order valence-electron chi connectivity index (χ1n) is 8.28. The Bertz CT molecular complexity index is 945. The van der Waals surface area contributed by atoms with Crippen molar-refractivity contribution in [1.82, 2.24) is 14.8 Å². The van der Waals surface area contributed by atoms with E-state index in [0.717, 1.165) is 22.3 Å². The van der Waals surface area contributed by atoms with E-state index < -0.39 is 0 Å². The molecule has 0 fully saturated rings. The second-order valence-corrected chi connectivity index (χ2v) is 7.44. The molecule has 0 atom stereocenters. The summed E-state index contributed by atoms with van der Waals surface area (Å²) in [4.78, 5) is 12.8. The van der Waals surface area contributed by atoms with Gasteiger partial charge in [-0.1, -0.05) is 25.2 Å². The van der Waals surface area contributed by atoms with Gasteiger partial charge in [0.2, 0.25) is 5.13 Å². The fraction of sp³-hybridized carbons (Fsp3) is 0.389. The van der Waals surface area contributed by atoms with Crippen molar-refractivity contribution >= 4 is 33.3 Å². The summed E-state index contributed by atoms with van der Waals surface area (Å²) in [5.74, 6) is 1.60. The van der Waals surface area contributed by atoms with Gasteiger partial charge in [-0.05, 0) is 24.1 Å². The number of amides is 1. The zero-order valence-electron chi connectivity index (χ0n) is 15.5. The average Bonchev–Trinajstić information content (AvgIpc) is 3.18. The monoisotopic (exact) mass is 374 g/mol. The number of ether oxygens (including phenoxy) is 2. The Morgan fingerprint density at radius 2 is 1.92 bits per heavy atom. The maximum Gasteiger partial charge on any atom is 0.274 e. The van der Waals surface area contributed by atoms with Crippen LogP contribution in [0.15, 0.2) is 18.2 Å². The lowest BCUT2D eigenvalue weighted by Gasteiger charge is -2.08. The molecular formula is C18H22N4O3S. The lowest BCUT2D eigenvalue weighted by Crippen LogP contribution is -2.15. The van der Waals surface area contributed by atoms with E-state index in [1.54, 1.807) is 24.9 Å². The molecule has 3 rings (SSSR count). The summed E-state index contributed by atoms with van der Waals surface area (Å²) in [5.41, 5.74) is 1.29. The molecule has 1 N–H and O–H groups in total. The molecule has 0 saturated carbocycles. The summed E-state index contributed by atoms with van der Waals surface area (Å²) in [6.45, 7) is 4.24. The first-order chi connectivity index (χ1) is 12.4. The molecule has 2 aromatic heterocycles. The van der Waals surface area contributed by atoms with Gasteiger partial charge in [-0.15, -0.1) is 10.2 Å². The summed E-state index contributed by atoms with van der Waals surface area (Å²) in [6, 6.07) is 5.44. The highest BCUT2D eigenvalue weighted by Crippen LogP contribution is 2.35. The molecule has 0 aliphatic carbocycles. The van der Waals surface area contributed by atoms with E-state index in [-0.39, 0.29) is 5.91 Å². The van der Waals surface area contributed by atoms with Crippen LogP contribution < -0.4 is 14.8 Å². The second kappa shape index (κ2) is 7.33. The zero-order chi connectivity index (χ0) is 18.8. The number of methoxy groups -OCH3 is 2. The van der Waals surface area contributed by atoms with Crippen molar-refractivity contribution in [3.05, 3.63) is 28.9 Å². The first kappa shape index (κ1) is 18.2. The molecule has 2 heterocycles. The SMILES string of the molecule is COc1ccc(OC)c2c1cc(C(=O)Nc1nnc(CC(C)C)s1)n2C. The van der Waals surface area contributed by atoms with E-state index in [9.17, 15) is 4.79 Å². The lowest BCUT2D eigenvalue weighted by atomic mass is 10.1. The fourth-order valence-corrected chi connectivity index (χ4v) is 3.81.